The standard InChI is InChI=1S/C21H22N2O5.C2HF3O2/c1-14-19(20(25)27-13-15-8-4-2-5-9-15)23(21(26)28-14)18(24)12-17(22)16-10-6-3-7-11-16;3-2(4,5)1(6)7/h2-11,14,17,19H,12-13,22H2,1H3;(H,6,7)/t14-,17-,19+;/m0./s1. The number of hydrogen-bond donors (Lipinski definition) is 2. The van der Waals surface area contributed by atoms with Crippen molar-refractivity contribution in [3.05, 3.63) is 71.8 Å². The number of carbonyl (C=O) groups excluding carboxylic acids is 3. The summed E-state index contributed by atoms with van der Waals surface area (Å²) in [6.45, 7) is 1.60. The zero-order chi connectivity index (χ0) is 26.2. The van der Waals surface area contributed by atoms with Crippen LogP contribution in [0.4, 0.5) is 18.0 Å². The molecule has 1 aliphatic heterocycles. The van der Waals surface area contributed by atoms with Gasteiger partial charge in [0.15, 0.2) is 6.04 Å². The van der Waals surface area contributed by atoms with Crippen molar-refractivity contribution in [3.63, 3.8) is 0 Å². The lowest BCUT2D eigenvalue weighted by molar-refractivity contribution is -0.192. The van der Waals surface area contributed by atoms with Gasteiger partial charge in [-0.15, -0.1) is 0 Å². The molecular weight excluding hydrogens is 473 g/mol. The molecule has 3 atom stereocenters. The molecule has 2 amide bonds. The lowest BCUT2D eigenvalue weighted by Crippen LogP contribution is -2.47. The second-order valence-electron chi connectivity index (χ2n) is 7.41. The van der Waals surface area contributed by atoms with E-state index in [1.165, 1.54) is 0 Å². The minimum absolute atomic E-state index is 0.0443. The van der Waals surface area contributed by atoms with Crippen LogP contribution in [0.5, 0.6) is 0 Å². The number of rotatable bonds is 6. The first-order chi connectivity index (χ1) is 16.4. The number of carboxylic acid groups (broad SMARTS) is 1. The number of carbonyl (C=O) groups is 4. The lowest BCUT2D eigenvalue weighted by atomic mass is 10.0. The third-order valence-corrected chi connectivity index (χ3v) is 4.81. The summed E-state index contributed by atoms with van der Waals surface area (Å²) in [7, 11) is 0. The summed E-state index contributed by atoms with van der Waals surface area (Å²) in [5.74, 6) is -4.02. The normalized spacial score (nSPS) is 18.1. The van der Waals surface area contributed by atoms with E-state index in [4.69, 9.17) is 25.1 Å². The van der Waals surface area contributed by atoms with Crippen LogP contribution < -0.4 is 5.73 Å². The third kappa shape index (κ3) is 7.81. The highest BCUT2D eigenvalue weighted by Gasteiger charge is 2.48. The number of halogens is 3. The van der Waals surface area contributed by atoms with Crippen LogP contribution in [0.1, 0.15) is 30.5 Å². The first-order valence-electron chi connectivity index (χ1n) is 10.3. The van der Waals surface area contributed by atoms with Crippen molar-refractivity contribution in [2.24, 2.45) is 5.73 Å². The van der Waals surface area contributed by atoms with Crippen molar-refractivity contribution in [1.29, 1.82) is 0 Å². The average Bonchev–Trinajstić information content (AvgIpc) is 3.12. The lowest BCUT2D eigenvalue weighted by Gasteiger charge is -2.22. The van der Waals surface area contributed by atoms with E-state index in [-0.39, 0.29) is 13.0 Å². The van der Waals surface area contributed by atoms with Crippen LogP contribution in [0.2, 0.25) is 0 Å². The Balaban J connectivity index is 0.000000540. The van der Waals surface area contributed by atoms with Crippen LogP contribution in [0.15, 0.2) is 60.7 Å². The predicted molar refractivity (Wildman–Crippen MR) is 114 cm³/mol. The molecule has 35 heavy (non-hydrogen) atoms. The summed E-state index contributed by atoms with van der Waals surface area (Å²) in [5, 5.41) is 7.12. The maximum absolute atomic E-state index is 12.7. The van der Waals surface area contributed by atoms with Gasteiger partial charge in [-0.25, -0.2) is 19.3 Å². The highest BCUT2D eigenvalue weighted by molar-refractivity contribution is 5.99. The maximum Gasteiger partial charge on any atom is 0.490 e. The Hall–Kier alpha value is -3.93. The summed E-state index contributed by atoms with van der Waals surface area (Å²) in [6.07, 6.45) is -6.87. The van der Waals surface area contributed by atoms with Crippen molar-refractivity contribution in [1.82, 2.24) is 4.90 Å². The van der Waals surface area contributed by atoms with E-state index in [1.807, 2.05) is 48.5 Å². The second kappa shape index (κ2) is 12.0. The van der Waals surface area contributed by atoms with Crippen molar-refractivity contribution < 1.29 is 46.9 Å². The van der Waals surface area contributed by atoms with E-state index in [0.29, 0.717) is 0 Å². The number of ether oxygens (including phenoxy) is 2. The van der Waals surface area contributed by atoms with Crippen LogP contribution in [0, 0.1) is 0 Å². The van der Waals surface area contributed by atoms with Gasteiger partial charge in [-0.05, 0) is 18.1 Å². The number of imide groups is 1. The molecule has 3 rings (SSSR count). The molecule has 0 aliphatic carbocycles. The molecule has 2 aromatic carbocycles. The smallest absolute Gasteiger partial charge is 0.475 e. The Labute approximate surface area is 198 Å². The van der Waals surface area contributed by atoms with Gasteiger partial charge in [0.25, 0.3) is 0 Å². The van der Waals surface area contributed by atoms with E-state index in [9.17, 15) is 27.6 Å². The van der Waals surface area contributed by atoms with Gasteiger partial charge in [0, 0.05) is 12.5 Å². The van der Waals surface area contributed by atoms with Gasteiger partial charge >= 0.3 is 24.2 Å². The van der Waals surface area contributed by atoms with Gasteiger partial charge in [-0.3, -0.25) is 4.79 Å². The molecule has 1 fully saturated rings. The van der Waals surface area contributed by atoms with Crippen LogP contribution in [0.3, 0.4) is 0 Å². The minimum Gasteiger partial charge on any atom is -0.475 e. The number of nitrogens with two attached hydrogens (primary N) is 1. The highest BCUT2D eigenvalue weighted by atomic mass is 19.4. The zero-order valence-corrected chi connectivity index (χ0v) is 18.5. The van der Waals surface area contributed by atoms with Gasteiger partial charge in [-0.2, -0.15) is 13.2 Å². The summed E-state index contributed by atoms with van der Waals surface area (Å²) in [6, 6.07) is 16.5. The van der Waals surface area contributed by atoms with Gasteiger partial charge in [0.1, 0.15) is 12.7 Å². The third-order valence-electron chi connectivity index (χ3n) is 4.81. The van der Waals surface area contributed by atoms with E-state index in [1.54, 1.807) is 19.1 Å². The highest BCUT2D eigenvalue weighted by Crippen LogP contribution is 2.24. The van der Waals surface area contributed by atoms with Crippen molar-refractivity contribution >= 4 is 23.9 Å². The molecule has 3 N–H and O–H groups in total. The Bertz CT molecular complexity index is 1030. The van der Waals surface area contributed by atoms with Crippen LogP contribution in [-0.2, 0) is 30.5 Å². The molecule has 1 heterocycles. The largest absolute Gasteiger partial charge is 0.490 e. The Morgan fingerprint density at radius 1 is 1.09 bits per heavy atom. The zero-order valence-electron chi connectivity index (χ0n) is 18.5. The maximum atomic E-state index is 12.7. The number of hydrogen-bond acceptors (Lipinski definition) is 7. The second-order valence-corrected chi connectivity index (χ2v) is 7.41. The molecule has 2 aromatic rings. The van der Waals surface area contributed by atoms with Crippen LogP contribution in [0.25, 0.3) is 0 Å². The molecule has 0 radical (unpaired) electrons. The number of carboxylic acids is 1. The molecule has 9 nitrogen and oxygen atoms in total. The van der Waals surface area contributed by atoms with Crippen molar-refractivity contribution in [2.45, 2.75) is 44.3 Å². The van der Waals surface area contributed by atoms with Gasteiger partial charge < -0.3 is 20.3 Å². The van der Waals surface area contributed by atoms with Crippen molar-refractivity contribution in [2.75, 3.05) is 0 Å². The number of cyclic esters (lactones) is 1. The molecular formula is C23H23F3N2O7. The van der Waals surface area contributed by atoms with E-state index >= 15 is 0 Å². The fourth-order valence-electron chi connectivity index (χ4n) is 3.08. The van der Waals surface area contributed by atoms with E-state index < -0.39 is 48.3 Å². The Kier molecular flexibility index (Phi) is 9.34. The summed E-state index contributed by atoms with van der Waals surface area (Å²) in [5.41, 5.74) is 7.65. The van der Waals surface area contributed by atoms with Crippen LogP contribution >= 0.6 is 0 Å². The molecule has 0 unspecified atom stereocenters. The molecule has 12 heteroatoms. The van der Waals surface area contributed by atoms with Crippen LogP contribution in [-0.4, -0.2) is 52.3 Å². The van der Waals surface area contributed by atoms with E-state index in [0.717, 1.165) is 16.0 Å². The quantitative estimate of drug-likeness (QED) is 0.582. The van der Waals surface area contributed by atoms with Gasteiger partial charge in [0.2, 0.25) is 5.91 Å². The molecule has 0 spiro atoms. The number of aliphatic carboxylic acids is 1. The SMILES string of the molecule is C[C@@H]1OC(=O)N(C(=O)C[C@H](N)c2ccccc2)[C@H]1C(=O)OCc1ccccc1.O=C(O)C(F)(F)F. The van der Waals surface area contributed by atoms with Crippen molar-refractivity contribution in [3.8, 4) is 0 Å². The first-order valence-corrected chi connectivity index (χ1v) is 10.3. The minimum atomic E-state index is -5.08. The fraction of sp³-hybridized carbons (Fsp3) is 0.304. The molecule has 0 aromatic heterocycles. The fourth-order valence-corrected chi connectivity index (χ4v) is 3.08. The monoisotopic (exact) mass is 496 g/mol. The molecule has 0 saturated carbocycles. The summed E-state index contributed by atoms with van der Waals surface area (Å²) >= 11 is 0. The number of alkyl halides is 3. The van der Waals surface area contributed by atoms with E-state index in [2.05, 4.69) is 0 Å². The topological polar surface area (TPSA) is 136 Å². The molecule has 1 saturated heterocycles. The molecule has 0 bridgehead atoms. The Morgan fingerprint density at radius 3 is 2.11 bits per heavy atom. The average molecular weight is 496 g/mol. The predicted octanol–water partition coefficient (Wildman–Crippen LogP) is 3.19. The number of amides is 2. The van der Waals surface area contributed by atoms with Gasteiger partial charge in [-0.1, -0.05) is 60.7 Å². The first kappa shape index (κ1) is 27.3. The summed E-state index contributed by atoms with van der Waals surface area (Å²) < 4.78 is 42.1. The molecule has 188 valence electrons. The number of nitrogens with zero attached hydrogens (tertiary/aromatic N) is 1. The Morgan fingerprint density at radius 2 is 1.60 bits per heavy atom. The number of esters is 1. The molecule has 1 aliphatic rings. The number of benzene rings is 2. The van der Waals surface area contributed by atoms with Gasteiger partial charge in [0.05, 0.1) is 0 Å². The summed E-state index contributed by atoms with van der Waals surface area (Å²) in [4.78, 5) is 47.2.